The number of amides is 1. The Bertz CT molecular complexity index is 1140. The summed E-state index contributed by atoms with van der Waals surface area (Å²) >= 11 is 1.30. The highest BCUT2D eigenvalue weighted by Gasteiger charge is 2.24. The molecule has 1 N–H and O–H groups in total. The smallest absolute Gasteiger partial charge is 0.261 e. The lowest BCUT2D eigenvalue weighted by molar-refractivity contribution is 0.0957. The highest BCUT2D eigenvalue weighted by atomic mass is 32.1. The Morgan fingerprint density at radius 1 is 1.13 bits per heavy atom. The number of carbonyl (C=O) groups excluding carboxylic acids is 1. The van der Waals surface area contributed by atoms with Crippen LogP contribution in [0, 0.1) is 31.3 Å². The molecule has 1 saturated heterocycles. The molecule has 0 aliphatic carbocycles. The van der Waals surface area contributed by atoms with Gasteiger partial charge in [0, 0.05) is 30.7 Å². The molecule has 164 valence electrons. The van der Waals surface area contributed by atoms with Crippen LogP contribution in [-0.2, 0) is 6.42 Å². The Morgan fingerprint density at radius 3 is 2.61 bits per heavy atom. The van der Waals surface area contributed by atoms with Gasteiger partial charge in [0.1, 0.15) is 16.3 Å². The lowest BCUT2D eigenvalue weighted by Crippen LogP contribution is -2.31. The second-order valence-electron chi connectivity index (χ2n) is 7.91. The summed E-state index contributed by atoms with van der Waals surface area (Å²) in [5.74, 6) is -3.26. The van der Waals surface area contributed by atoms with Crippen molar-refractivity contribution in [3.8, 4) is 0 Å². The number of rotatable bonds is 5. The summed E-state index contributed by atoms with van der Waals surface area (Å²) in [7, 11) is 0. The number of halogens is 3. The third kappa shape index (κ3) is 4.26. The van der Waals surface area contributed by atoms with Crippen molar-refractivity contribution in [1.82, 2.24) is 10.3 Å². The number of nitrogens with one attached hydrogen (secondary N) is 1. The fraction of sp³-hybridized carbons (Fsp3) is 0.391. The van der Waals surface area contributed by atoms with Gasteiger partial charge in [0.15, 0.2) is 11.6 Å². The van der Waals surface area contributed by atoms with Gasteiger partial charge in [-0.1, -0.05) is 0 Å². The number of benzene rings is 1. The zero-order valence-corrected chi connectivity index (χ0v) is 18.3. The largest absolute Gasteiger partial charge is 0.367 e. The highest BCUT2D eigenvalue weighted by molar-refractivity contribution is 7.20. The number of aromatic nitrogens is 1. The van der Waals surface area contributed by atoms with Crippen molar-refractivity contribution in [3.05, 3.63) is 57.3 Å². The molecule has 1 aromatic carbocycles. The number of hydrogen-bond donors (Lipinski definition) is 1. The number of carbonyl (C=O) groups is 1. The molecular weight excluding hydrogens is 423 g/mol. The van der Waals surface area contributed by atoms with Crippen molar-refractivity contribution in [2.24, 2.45) is 0 Å². The van der Waals surface area contributed by atoms with E-state index in [1.165, 1.54) is 11.3 Å². The van der Waals surface area contributed by atoms with E-state index in [2.05, 4.69) is 10.3 Å². The van der Waals surface area contributed by atoms with Crippen LogP contribution in [0.2, 0.25) is 0 Å². The van der Waals surface area contributed by atoms with Crippen molar-refractivity contribution in [1.29, 1.82) is 0 Å². The maximum Gasteiger partial charge on any atom is 0.261 e. The van der Waals surface area contributed by atoms with Crippen molar-refractivity contribution in [2.75, 3.05) is 24.5 Å². The number of aryl methyl sites for hydroxylation is 2. The summed E-state index contributed by atoms with van der Waals surface area (Å²) in [4.78, 5) is 19.9. The van der Waals surface area contributed by atoms with Crippen LogP contribution < -0.4 is 10.2 Å². The molecule has 2 aromatic heterocycles. The van der Waals surface area contributed by atoms with Crippen LogP contribution in [0.4, 0.5) is 18.9 Å². The Kier molecular flexibility index (Phi) is 6.18. The summed E-state index contributed by atoms with van der Waals surface area (Å²) in [6, 6.07) is 4.88. The molecule has 3 heterocycles. The second-order valence-corrected chi connectivity index (χ2v) is 8.91. The van der Waals surface area contributed by atoms with E-state index in [9.17, 15) is 18.0 Å². The second kappa shape index (κ2) is 8.86. The lowest BCUT2D eigenvalue weighted by Gasteiger charge is -2.29. The van der Waals surface area contributed by atoms with E-state index in [0.29, 0.717) is 18.0 Å². The Balaban J connectivity index is 1.46. The number of hydrogen-bond acceptors (Lipinski definition) is 4. The van der Waals surface area contributed by atoms with E-state index in [0.717, 1.165) is 46.8 Å². The molecule has 0 atom stereocenters. The first-order valence-electron chi connectivity index (χ1n) is 10.4. The van der Waals surface area contributed by atoms with Gasteiger partial charge >= 0.3 is 0 Å². The molecule has 0 radical (unpaired) electrons. The number of anilines is 1. The van der Waals surface area contributed by atoms with Crippen molar-refractivity contribution in [3.63, 3.8) is 0 Å². The molecule has 3 aromatic rings. The van der Waals surface area contributed by atoms with Gasteiger partial charge in [-0.3, -0.25) is 4.79 Å². The highest BCUT2D eigenvalue weighted by Crippen LogP contribution is 2.31. The molecule has 1 amide bonds. The van der Waals surface area contributed by atoms with Crippen LogP contribution in [0.3, 0.4) is 0 Å². The van der Waals surface area contributed by atoms with Gasteiger partial charge in [0.05, 0.1) is 4.88 Å². The third-order valence-corrected chi connectivity index (χ3v) is 6.91. The van der Waals surface area contributed by atoms with Gasteiger partial charge in [0.2, 0.25) is 0 Å². The summed E-state index contributed by atoms with van der Waals surface area (Å²) in [5, 5.41) is 3.65. The Labute approximate surface area is 183 Å². The number of fused-ring (bicyclic) bond motifs is 1. The van der Waals surface area contributed by atoms with Crippen LogP contribution in [0.5, 0.6) is 0 Å². The molecule has 4 nitrogen and oxygen atoms in total. The van der Waals surface area contributed by atoms with Crippen molar-refractivity contribution in [2.45, 2.75) is 39.5 Å². The topological polar surface area (TPSA) is 45.2 Å². The minimum absolute atomic E-state index is 0.00695. The van der Waals surface area contributed by atoms with Gasteiger partial charge < -0.3 is 10.2 Å². The van der Waals surface area contributed by atoms with E-state index in [4.69, 9.17) is 0 Å². The van der Waals surface area contributed by atoms with Crippen LogP contribution in [0.1, 0.15) is 45.8 Å². The first-order chi connectivity index (χ1) is 14.9. The standard InChI is InChI=1S/C23H24F3N3OS/c1-13-6-7-16-14(2)21(31-23(16)28-13)22(30)27-9-8-15-12-17(24)20(19(26)18(15)25)29-10-4-3-5-11-29/h6-7,12H,3-5,8-11H2,1-2H3,(H,27,30). The van der Waals surface area contributed by atoms with Gasteiger partial charge in [-0.05, 0) is 68.9 Å². The molecule has 31 heavy (non-hydrogen) atoms. The fourth-order valence-electron chi connectivity index (χ4n) is 4.02. The Morgan fingerprint density at radius 2 is 1.87 bits per heavy atom. The summed E-state index contributed by atoms with van der Waals surface area (Å²) < 4.78 is 43.8. The van der Waals surface area contributed by atoms with Crippen LogP contribution in [0.25, 0.3) is 10.2 Å². The molecule has 1 fully saturated rings. The van der Waals surface area contributed by atoms with E-state index < -0.39 is 17.5 Å². The van der Waals surface area contributed by atoms with E-state index in [1.807, 2.05) is 26.0 Å². The molecule has 0 saturated carbocycles. The predicted octanol–water partition coefficient (Wildman–Crippen LogP) is 5.29. The Hall–Kier alpha value is -2.61. The third-order valence-electron chi connectivity index (χ3n) is 5.71. The van der Waals surface area contributed by atoms with E-state index in [1.54, 1.807) is 4.90 Å². The molecule has 8 heteroatoms. The lowest BCUT2D eigenvalue weighted by atomic mass is 10.1. The molecule has 1 aliphatic heterocycles. The molecular formula is C23H24F3N3OS. The average molecular weight is 448 g/mol. The normalized spacial score (nSPS) is 14.3. The SMILES string of the molecule is Cc1ccc2c(C)c(C(=O)NCCc3cc(F)c(N4CCCCC4)c(F)c3F)sc2n1. The minimum Gasteiger partial charge on any atom is -0.367 e. The van der Waals surface area contributed by atoms with Crippen LogP contribution >= 0.6 is 11.3 Å². The molecule has 0 unspecified atom stereocenters. The summed E-state index contributed by atoms with van der Waals surface area (Å²) in [6.07, 6.45) is 2.67. The molecule has 1 aliphatic rings. The zero-order valence-electron chi connectivity index (χ0n) is 17.5. The van der Waals surface area contributed by atoms with E-state index >= 15 is 0 Å². The van der Waals surface area contributed by atoms with Crippen LogP contribution in [0.15, 0.2) is 18.2 Å². The number of nitrogens with zero attached hydrogens (tertiary/aromatic N) is 2. The van der Waals surface area contributed by atoms with Gasteiger partial charge in [-0.15, -0.1) is 11.3 Å². The average Bonchev–Trinajstić information content (AvgIpc) is 3.08. The molecule has 0 spiro atoms. The van der Waals surface area contributed by atoms with Gasteiger partial charge in [0.25, 0.3) is 5.91 Å². The van der Waals surface area contributed by atoms with Gasteiger partial charge in [-0.25, -0.2) is 18.2 Å². The quantitative estimate of drug-likeness (QED) is 0.541. The maximum absolute atomic E-state index is 14.6. The van der Waals surface area contributed by atoms with Crippen molar-refractivity contribution >= 4 is 33.1 Å². The number of piperidine rings is 1. The minimum atomic E-state index is -1.15. The summed E-state index contributed by atoms with van der Waals surface area (Å²) in [6.45, 7) is 4.85. The van der Waals surface area contributed by atoms with Crippen molar-refractivity contribution < 1.29 is 18.0 Å². The van der Waals surface area contributed by atoms with Crippen LogP contribution in [-0.4, -0.2) is 30.5 Å². The number of pyridine rings is 1. The maximum atomic E-state index is 14.6. The first-order valence-corrected chi connectivity index (χ1v) is 11.2. The monoisotopic (exact) mass is 447 g/mol. The predicted molar refractivity (Wildman–Crippen MR) is 118 cm³/mol. The fourth-order valence-corrected chi connectivity index (χ4v) is 5.16. The van der Waals surface area contributed by atoms with E-state index in [-0.39, 0.29) is 30.1 Å². The van der Waals surface area contributed by atoms with Gasteiger partial charge in [-0.2, -0.15) is 0 Å². The number of thiophene rings is 1. The molecule has 0 bridgehead atoms. The molecule has 4 rings (SSSR count). The first kappa shape index (κ1) is 21.6. The zero-order chi connectivity index (χ0) is 22.1. The summed E-state index contributed by atoms with van der Waals surface area (Å²) in [5.41, 5.74) is 1.34.